The average molecular weight is 430 g/mol. The van der Waals surface area contributed by atoms with Gasteiger partial charge in [-0.1, -0.05) is 48.5 Å². The minimum absolute atomic E-state index is 0.0837. The molecule has 5 heteroatoms. The zero-order valence-electron chi connectivity index (χ0n) is 18.1. The highest BCUT2D eigenvalue weighted by Crippen LogP contribution is 2.36. The van der Waals surface area contributed by atoms with E-state index in [1.807, 2.05) is 30.3 Å². The molecule has 2 heterocycles. The number of fused-ring (bicyclic) bond motifs is 3. The largest absolute Gasteiger partial charge is 0.368 e. The van der Waals surface area contributed by atoms with E-state index in [1.165, 1.54) is 28.9 Å². The van der Waals surface area contributed by atoms with Crippen LogP contribution in [0.3, 0.4) is 0 Å². The Morgan fingerprint density at radius 2 is 1.69 bits per heavy atom. The van der Waals surface area contributed by atoms with Crippen LogP contribution in [0, 0.1) is 11.7 Å². The van der Waals surface area contributed by atoms with E-state index in [9.17, 15) is 9.18 Å². The van der Waals surface area contributed by atoms with E-state index in [2.05, 4.69) is 51.5 Å². The highest BCUT2D eigenvalue weighted by Gasteiger charge is 2.41. The SMILES string of the molecule is O=C(NCCc1ccccc1)C1Cc2ccccc2N2CCN(c3ccc(F)cc3)CC12. The van der Waals surface area contributed by atoms with Gasteiger partial charge in [0.25, 0.3) is 0 Å². The summed E-state index contributed by atoms with van der Waals surface area (Å²) in [5, 5.41) is 3.19. The zero-order chi connectivity index (χ0) is 21.9. The average Bonchev–Trinajstić information content (AvgIpc) is 2.84. The Morgan fingerprint density at radius 1 is 0.938 bits per heavy atom. The molecule has 3 aromatic carbocycles. The molecule has 1 saturated heterocycles. The normalized spacial score (nSPS) is 19.8. The van der Waals surface area contributed by atoms with E-state index in [0.717, 1.165) is 38.2 Å². The Labute approximate surface area is 188 Å². The Hall–Kier alpha value is -3.34. The molecule has 0 bridgehead atoms. The maximum absolute atomic E-state index is 13.4. The second-order valence-electron chi connectivity index (χ2n) is 8.65. The van der Waals surface area contributed by atoms with E-state index >= 15 is 0 Å². The van der Waals surface area contributed by atoms with Gasteiger partial charge in [0.2, 0.25) is 5.91 Å². The Morgan fingerprint density at radius 3 is 2.50 bits per heavy atom. The van der Waals surface area contributed by atoms with Crippen LogP contribution >= 0.6 is 0 Å². The van der Waals surface area contributed by atoms with Gasteiger partial charge in [0.1, 0.15) is 5.82 Å². The first-order valence-electron chi connectivity index (χ1n) is 11.4. The molecule has 0 aliphatic carbocycles. The molecule has 32 heavy (non-hydrogen) atoms. The van der Waals surface area contributed by atoms with Crippen molar-refractivity contribution in [3.8, 4) is 0 Å². The van der Waals surface area contributed by atoms with Crippen LogP contribution in [-0.4, -0.2) is 38.1 Å². The summed E-state index contributed by atoms with van der Waals surface area (Å²) in [6, 6.07) is 25.4. The fourth-order valence-corrected chi connectivity index (χ4v) is 5.05. The number of benzene rings is 3. The number of nitrogens with one attached hydrogen (secondary N) is 1. The van der Waals surface area contributed by atoms with Gasteiger partial charge in [-0.3, -0.25) is 4.79 Å². The van der Waals surface area contributed by atoms with Crippen LogP contribution in [0.5, 0.6) is 0 Å². The summed E-state index contributed by atoms with van der Waals surface area (Å²) in [5.41, 5.74) is 4.71. The number of carbonyl (C=O) groups excluding carboxylic acids is 1. The molecule has 2 unspecified atom stereocenters. The number of nitrogens with zero attached hydrogens (tertiary/aromatic N) is 2. The lowest BCUT2D eigenvalue weighted by Crippen LogP contribution is -2.61. The first-order valence-corrected chi connectivity index (χ1v) is 11.4. The van der Waals surface area contributed by atoms with Crippen molar-refractivity contribution in [3.05, 3.63) is 95.8 Å². The van der Waals surface area contributed by atoms with Crippen molar-refractivity contribution < 1.29 is 9.18 Å². The van der Waals surface area contributed by atoms with E-state index in [0.29, 0.717) is 6.54 Å². The summed E-state index contributed by atoms with van der Waals surface area (Å²) in [7, 11) is 0. The first kappa shape index (κ1) is 20.6. The van der Waals surface area contributed by atoms with Crippen molar-refractivity contribution in [2.24, 2.45) is 5.92 Å². The summed E-state index contributed by atoms with van der Waals surface area (Å²) >= 11 is 0. The molecule has 1 fully saturated rings. The Bertz CT molecular complexity index is 1070. The zero-order valence-corrected chi connectivity index (χ0v) is 18.1. The number of amides is 1. The van der Waals surface area contributed by atoms with Crippen LogP contribution in [-0.2, 0) is 17.6 Å². The molecular weight excluding hydrogens is 401 g/mol. The van der Waals surface area contributed by atoms with Gasteiger partial charge >= 0.3 is 0 Å². The van der Waals surface area contributed by atoms with E-state index < -0.39 is 0 Å². The highest BCUT2D eigenvalue weighted by molar-refractivity contribution is 5.82. The van der Waals surface area contributed by atoms with Crippen LogP contribution < -0.4 is 15.1 Å². The molecule has 1 N–H and O–H groups in total. The number of halogens is 1. The maximum Gasteiger partial charge on any atom is 0.225 e. The minimum Gasteiger partial charge on any atom is -0.368 e. The van der Waals surface area contributed by atoms with Gasteiger partial charge in [0.15, 0.2) is 0 Å². The molecule has 3 aromatic rings. The molecule has 4 nitrogen and oxygen atoms in total. The maximum atomic E-state index is 13.4. The molecule has 2 atom stereocenters. The van der Waals surface area contributed by atoms with Crippen LogP contribution in [0.2, 0.25) is 0 Å². The third-order valence-corrected chi connectivity index (χ3v) is 6.71. The quantitative estimate of drug-likeness (QED) is 0.665. The fraction of sp³-hybridized carbons (Fsp3) is 0.296. The molecule has 1 amide bonds. The van der Waals surface area contributed by atoms with Crippen LogP contribution in [0.1, 0.15) is 11.1 Å². The third-order valence-electron chi connectivity index (χ3n) is 6.71. The summed E-state index contributed by atoms with van der Waals surface area (Å²) in [6.07, 6.45) is 1.57. The van der Waals surface area contributed by atoms with Crippen molar-refractivity contribution in [2.45, 2.75) is 18.9 Å². The first-order chi connectivity index (χ1) is 15.7. The van der Waals surface area contributed by atoms with Crippen LogP contribution in [0.4, 0.5) is 15.8 Å². The van der Waals surface area contributed by atoms with Gasteiger partial charge in [-0.05, 0) is 54.3 Å². The number of rotatable bonds is 5. The van der Waals surface area contributed by atoms with Crippen molar-refractivity contribution in [3.63, 3.8) is 0 Å². The van der Waals surface area contributed by atoms with Gasteiger partial charge in [-0.2, -0.15) is 0 Å². The summed E-state index contributed by atoms with van der Waals surface area (Å²) in [5.74, 6) is -0.232. The molecule has 0 aromatic heterocycles. The monoisotopic (exact) mass is 429 g/mol. The standard InChI is InChI=1S/C27H28FN3O/c28-22-10-12-23(13-11-22)30-16-17-31-25-9-5-4-8-21(25)18-24(26(31)19-30)27(32)29-15-14-20-6-2-1-3-7-20/h1-13,24,26H,14-19H2,(H,29,32). The molecule has 164 valence electrons. The van der Waals surface area contributed by atoms with Gasteiger partial charge in [0, 0.05) is 37.6 Å². The number of carbonyl (C=O) groups is 1. The van der Waals surface area contributed by atoms with Crippen molar-refractivity contribution >= 4 is 17.3 Å². The summed E-state index contributed by atoms with van der Waals surface area (Å²) in [4.78, 5) is 18.0. The number of hydrogen-bond donors (Lipinski definition) is 1. The van der Waals surface area contributed by atoms with Gasteiger partial charge in [-0.15, -0.1) is 0 Å². The smallest absolute Gasteiger partial charge is 0.225 e. The van der Waals surface area contributed by atoms with Crippen molar-refractivity contribution in [2.75, 3.05) is 36.0 Å². The third kappa shape index (κ3) is 4.20. The number of hydrogen-bond acceptors (Lipinski definition) is 3. The van der Waals surface area contributed by atoms with Gasteiger partial charge in [0.05, 0.1) is 12.0 Å². The second kappa shape index (κ2) is 9.03. The highest BCUT2D eigenvalue weighted by atomic mass is 19.1. The summed E-state index contributed by atoms with van der Waals surface area (Å²) in [6.45, 7) is 3.07. The number of para-hydroxylation sites is 1. The minimum atomic E-state index is -0.227. The lowest BCUT2D eigenvalue weighted by Gasteiger charge is -2.49. The van der Waals surface area contributed by atoms with Crippen LogP contribution in [0.25, 0.3) is 0 Å². The van der Waals surface area contributed by atoms with Crippen LogP contribution in [0.15, 0.2) is 78.9 Å². The molecular formula is C27H28FN3O. The van der Waals surface area contributed by atoms with Crippen molar-refractivity contribution in [1.29, 1.82) is 0 Å². The topological polar surface area (TPSA) is 35.6 Å². The lowest BCUT2D eigenvalue weighted by molar-refractivity contribution is -0.125. The molecule has 0 saturated carbocycles. The van der Waals surface area contributed by atoms with Gasteiger partial charge in [-0.25, -0.2) is 4.39 Å². The van der Waals surface area contributed by atoms with E-state index in [-0.39, 0.29) is 23.7 Å². The second-order valence-corrected chi connectivity index (χ2v) is 8.65. The lowest BCUT2D eigenvalue weighted by atomic mass is 9.83. The fourth-order valence-electron chi connectivity index (χ4n) is 5.05. The molecule has 2 aliphatic heterocycles. The predicted octanol–water partition coefficient (Wildman–Crippen LogP) is 4.05. The number of anilines is 2. The molecule has 5 rings (SSSR count). The summed E-state index contributed by atoms with van der Waals surface area (Å²) < 4.78 is 13.4. The van der Waals surface area contributed by atoms with E-state index in [1.54, 1.807) is 0 Å². The Kier molecular flexibility index (Phi) is 5.80. The predicted molar refractivity (Wildman–Crippen MR) is 127 cm³/mol. The van der Waals surface area contributed by atoms with Crippen molar-refractivity contribution in [1.82, 2.24) is 5.32 Å². The van der Waals surface area contributed by atoms with E-state index in [4.69, 9.17) is 0 Å². The molecule has 0 spiro atoms. The molecule has 0 radical (unpaired) electrons. The molecule has 2 aliphatic rings. The Balaban J connectivity index is 1.34. The van der Waals surface area contributed by atoms with Gasteiger partial charge < -0.3 is 15.1 Å². The number of piperazine rings is 1.